The van der Waals surface area contributed by atoms with Crippen molar-refractivity contribution in [3.05, 3.63) is 41.2 Å². The summed E-state index contributed by atoms with van der Waals surface area (Å²) in [5, 5.41) is 0. The summed E-state index contributed by atoms with van der Waals surface area (Å²) in [6.45, 7) is 3.76. The molecular formula is C15H17N3O5S. The van der Waals surface area contributed by atoms with Crippen molar-refractivity contribution in [2.45, 2.75) is 31.4 Å². The molecule has 0 aliphatic carbocycles. The van der Waals surface area contributed by atoms with Crippen LogP contribution >= 0.6 is 0 Å². The molecule has 1 aliphatic rings. The van der Waals surface area contributed by atoms with Gasteiger partial charge in [-0.3, -0.25) is 13.5 Å². The first-order valence-corrected chi connectivity index (χ1v) is 8.68. The molecule has 2 N–H and O–H groups in total. The molecule has 0 spiro atoms. The average molecular weight is 351 g/mol. The van der Waals surface area contributed by atoms with Gasteiger partial charge in [0.25, 0.3) is 22.0 Å². The summed E-state index contributed by atoms with van der Waals surface area (Å²) in [5.41, 5.74) is 6.92. The third-order valence-corrected chi connectivity index (χ3v) is 5.09. The van der Waals surface area contributed by atoms with E-state index in [0.717, 1.165) is 5.56 Å². The molecule has 0 saturated heterocycles. The number of rotatable bonds is 5. The van der Waals surface area contributed by atoms with Crippen molar-refractivity contribution in [2.24, 2.45) is 5.73 Å². The highest BCUT2D eigenvalue weighted by Crippen LogP contribution is 2.26. The van der Waals surface area contributed by atoms with Gasteiger partial charge in [0.15, 0.2) is 5.69 Å². The first-order chi connectivity index (χ1) is 11.3. The van der Waals surface area contributed by atoms with E-state index in [1.807, 2.05) is 6.92 Å². The molecule has 0 radical (unpaired) electrons. The molecule has 0 fully saturated rings. The third-order valence-electron chi connectivity index (χ3n) is 3.80. The maximum absolute atomic E-state index is 12.2. The zero-order chi connectivity index (χ0) is 17.5. The molecule has 8 nitrogen and oxygen atoms in total. The Morgan fingerprint density at radius 1 is 1.38 bits per heavy atom. The molecule has 0 unspecified atom stereocenters. The minimum atomic E-state index is -3.85. The molecule has 9 heteroatoms. The van der Waals surface area contributed by atoms with Gasteiger partial charge in [0.05, 0.1) is 17.1 Å². The minimum Gasteiger partial charge on any atom is -0.457 e. The van der Waals surface area contributed by atoms with Crippen molar-refractivity contribution in [1.82, 2.24) is 9.55 Å². The van der Waals surface area contributed by atoms with Crippen LogP contribution < -0.4 is 10.5 Å². The fourth-order valence-corrected chi connectivity index (χ4v) is 3.40. The van der Waals surface area contributed by atoms with E-state index >= 15 is 0 Å². The number of carbonyl (C=O) groups is 1. The molecule has 3 rings (SSSR count). The molecule has 0 bridgehead atoms. The lowest BCUT2D eigenvalue weighted by molar-refractivity contribution is 0.0992. The number of aryl methyl sites for hydroxylation is 1. The monoisotopic (exact) mass is 351 g/mol. The van der Waals surface area contributed by atoms with Crippen LogP contribution in [0.5, 0.6) is 6.01 Å². The van der Waals surface area contributed by atoms with Gasteiger partial charge in [0.1, 0.15) is 12.7 Å². The molecule has 128 valence electrons. The minimum absolute atomic E-state index is 0.0935. The highest BCUT2D eigenvalue weighted by atomic mass is 32.2. The number of hydrogen-bond donors (Lipinski definition) is 1. The maximum atomic E-state index is 12.2. The quantitative estimate of drug-likeness (QED) is 0.796. The molecule has 0 saturated carbocycles. The number of aromatic nitrogens is 2. The van der Waals surface area contributed by atoms with Crippen LogP contribution in [0.2, 0.25) is 0 Å². The van der Waals surface area contributed by atoms with Crippen molar-refractivity contribution in [1.29, 1.82) is 0 Å². The van der Waals surface area contributed by atoms with E-state index in [1.165, 1.54) is 12.1 Å². The summed E-state index contributed by atoms with van der Waals surface area (Å²) < 4.78 is 36.6. The standard InChI is InChI=1S/C15H17N3O5S/c1-9-3-5-12(6-4-9)24(20,21)22-8-11-7-18-10(2)13(14(16)19)17-15(18)23-11/h3-6,11H,7-8H2,1-2H3,(H2,16,19)/t11-/m0/s1. The van der Waals surface area contributed by atoms with Gasteiger partial charge in [-0.05, 0) is 26.0 Å². The van der Waals surface area contributed by atoms with E-state index in [2.05, 4.69) is 4.98 Å². The number of nitrogens with two attached hydrogens (primary N) is 1. The SMILES string of the molecule is Cc1ccc(S(=O)(=O)OC[C@@H]2Cn3c(nc(C(N)=O)c3C)O2)cc1. The van der Waals surface area contributed by atoms with Gasteiger partial charge >= 0.3 is 0 Å². The van der Waals surface area contributed by atoms with Gasteiger partial charge in [0, 0.05) is 0 Å². The number of benzene rings is 1. The van der Waals surface area contributed by atoms with Crippen molar-refractivity contribution in [3.8, 4) is 6.01 Å². The van der Waals surface area contributed by atoms with E-state index in [4.69, 9.17) is 14.7 Å². The lowest BCUT2D eigenvalue weighted by Crippen LogP contribution is -2.25. The molecule has 1 aromatic carbocycles. The number of carbonyl (C=O) groups excluding carboxylic acids is 1. The second-order valence-corrected chi connectivity index (χ2v) is 7.21. The topological polar surface area (TPSA) is 114 Å². The summed E-state index contributed by atoms with van der Waals surface area (Å²) in [6, 6.07) is 6.63. The van der Waals surface area contributed by atoms with Crippen LogP contribution in [0.25, 0.3) is 0 Å². The number of fused-ring (bicyclic) bond motifs is 1. The van der Waals surface area contributed by atoms with Gasteiger partial charge in [-0.2, -0.15) is 13.4 Å². The summed E-state index contributed by atoms with van der Waals surface area (Å²) in [6.07, 6.45) is -0.506. The van der Waals surface area contributed by atoms with E-state index in [-0.39, 0.29) is 23.2 Å². The lowest BCUT2D eigenvalue weighted by Gasteiger charge is -2.11. The molecule has 2 aromatic rings. The van der Waals surface area contributed by atoms with Crippen LogP contribution in [0.1, 0.15) is 21.7 Å². The smallest absolute Gasteiger partial charge is 0.297 e. The van der Waals surface area contributed by atoms with Crippen LogP contribution in [-0.2, 0) is 20.8 Å². The summed E-state index contributed by atoms with van der Waals surface area (Å²) >= 11 is 0. The Morgan fingerprint density at radius 2 is 2.04 bits per heavy atom. The first kappa shape index (κ1) is 16.5. The van der Waals surface area contributed by atoms with Crippen LogP contribution in [0.4, 0.5) is 0 Å². The Labute approximate surface area is 139 Å². The highest BCUT2D eigenvalue weighted by Gasteiger charge is 2.30. The van der Waals surface area contributed by atoms with Crippen LogP contribution in [0.15, 0.2) is 29.2 Å². The van der Waals surface area contributed by atoms with Crippen molar-refractivity contribution in [3.63, 3.8) is 0 Å². The van der Waals surface area contributed by atoms with Gasteiger partial charge in [-0.25, -0.2) is 0 Å². The summed E-state index contributed by atoms with van der Waals surface area (Å²) in [5.74, 6) is -0.632. The zero-order valence-electron chi connectivity index (χ0n) is 13.2. The first-order valence-electron chi connectivity index (χ1n) is 7.27. The Balaban J connectivity index is 1.66. The van der Waals surface area contributed by atoms with E-state index in [0.29, 0.717) is 12.2 Å². The summed E-state index contributed by atoms with van der Waals surface area (Å²) in [4.78, 5) is 15.3. The largest absolute Gasteiger partial charge is 0.457 e. The molecule has 1 aromatic heterocycles. The second kappa shape index (κ2) is 5.91. The van der Waals surface area contributed by atoms with E-state index in [9.17, 15) is 13.2 Å². The summed E-state index contributed by atoms with van der Waals surface area (Å²) in [7, 11) is -3.85. The maximum Gasteiger partial charge on any atom is 0.297 e. The highest BCUT2D eigenvalue weighted by molar-refractivity contribution is 7.86. The van der Waals surface area contributed by atoms with Crippen molar-refractivity contribution < 1.29 is 22.1 Å². The molecule has 1 atom stereocenters. The molecule has 1 amide bonds. The predicted octanol–water partition coefficient (Wildman–Crippen LogP) is 0.765. The number of primary amides is 1. The Kier molecular flexibility index (Phi) is 4.06. The number of nitrogens with zero attached hydrogens (tertiary/aromatic N) is 2. The molecular weight excluding hydrogens is 334 g/mol. The zero-order valence-corrected chi connectivity index (χ0v) is 14.0. The normalized spacial score (nSPS) is 16.7. The predicted molar refractivity (Wildman–Crippen MR) is 84.2 cm³/mol. The Bertz CT molecular complexity index is 887. The van der Waals surface area contributed by atoms with Crippen LogP contribution in [0.3, 0.4) is 0 Å². The second-order valence-electron chi connectivity index (χ2n) is 5.59. The lowest BCUT2D eigenvalue weighted by atomic mass is 10.2. The average Bonchev–Trinajstić information content (AvgIpc) is 3.05. The Morgan fingerprint density at radius 3 is 2.62 bits per heavy atom. The van der Waals surface area contributed by atoms with Gasteiger partial charge in [-0.1, -0.05) is 17.7 Å². The van der Waals surface area contributed by atoms with Gasteiger partial charge in [-0.15, -0.1) is 0 Å². The van der Waals surface area contributed by atoms with Crippen molar-refractivity contribution >= 4 is 16.0 Å². The van der Waals surface area contributed by atoms with E-state index < -0.39 is 22.1 Å². The van der Waals surface area contributed by atoms with Crippen molar-refractivity contribution in [2.75, 3.05) is 6.61 Å². The number of ether oxygens (including phenoxy) is 1. The number of hydrogen-bond acceptors (Lipinski definition) is 6. The third kappa shape index (κ3) is 3.00. The van der Waals surface area contributed by atoms with Gasteiger partial charge in [0.2, 0.25) is 0 Å². The number of imidazole rings is 1. The molecule has 2 heterocycles. The van der Waals surface area contributed by atoms with Crippen LogP contribution in [-0.4, -0.2) is 36.6 Å². The van der Waals surface area contributed by atoms with Gasteiger partial charge < -0.3 is 10.5 Å². The fourth-order valence-electron chi connectivity index (χ4n) is 2.46. The molecule has 24 heavy (non-hydrogen) atoms. The van der Waals surface area contributed by atoms with E-state index in [1.54, 1.807) is 23.6 Å². The molecule has 1 aliphatic heterocycles. The number of amides is 1. The Hall–Kier alpha value is -2.39. The van der Waals surface area contributed by atoms with Crippen LogP contribution in [0, 0.1) is 13.8 Å². The fraction of sp³-hybridized carbons (Fsp3) is 0.333.